The number of nitrogens with zero attached hydrogens (tertiary/aromatic N) is 1. The van der Waals surface area contributed by atoms with Gasteiger partial charge >= 0.3 is 0 Å². The molecule has 2 heterocycles. The van der Waals surface area contributed by atoms with Gasteiger partial charge in [0, 0.05) is 28.4 Å². The van der Waals surface area contributed by atoms with Gasteiger partial charge in [-0.3, -0.25) is 9.59 Å². The second kappa shape index (κ2) is 11.3. The van der Waals surface area contributed by atoms with E-state index >= 15 is 0 Å². The topological polar surface area (TPSA) is 48.3 Å². The number of thiophene rings is 1. The van der Waals surface area contributed by atoms with E-state index in [1.165, 1.54) is 17.4 Å². The van der Waals surface area contributed by atoms with E-state index in [2.05, 4.69) is 22.9 Å². The lowest BCUT2D eigenvalue weighted by atomic mass is 10.0. The van der Waals surface area contributed by atoms with E-state index < -0.39 is 0 Å². The van der Waals surface area contributed by atoms with E-state index in [1.807, 2.05) is 28.8 Å². The fraction of sp³-hybridized carbons (Fsp3) is 0.286. The number of Topliss-reactive ketones (excluding diaryl/α,β-unsaturated/α-hetero) is 1. The molecule has 0 saturated heterocycles. The first kappa shape index (κ1) is 25.3. The summed E-state index contributed by atoms with van der Waals surface area (Å²) in [6, 6.07) is 14.3. The highest BCUT2D eigenvalue weighted by molar-refractivity contribution is 9.08. The van der Waals surface area contributed by atoms with Crippen molar-refractivity contribution in [1.82, 2.24) is 4.57 Å². The molecule has 0 fully saturated rings. The molecular weight excluding hydrogens is 529 g/mol. The summed E-state index contributed by atoms with van der Waals surface area (Å²) in [5.41, 5.74) is 2.21. The minimum Gasteiger partial charge on any atom is -0.497 e. The van der Waals surface area contributed by atoms with E-state index in [9.17, 15) is 14.0 Å². The highest BCUT2D eigenvalue weighted by Gasteiger charge is 2.23. The van der Waals surface area contributed by atoms with Crippen LogP contribution in [0.15, 0.2) is 59.5 Å². The molecule has 0 aliphatic carbocycles. The quantitative estimate of drug-likeness (QED) is 0.115. The van der Waals surface area contributed by atoms with Crippen LogP contribution in [0, 0.1) is 5.82 Å². The maximum Gasteiger partial charge on any atom is 0.201 e. The van der Waals surface area contributed by atoms with Crippen LogP contribution in [0.2, 0.25) is 0 Å². The molecule has 0 aliphatic heterocycles. The van der Waals surface area contributed by atoms with Crippen LogP contribution in [0.5, 0.6) is 5.75 Å². The monoisotopic (exact) mass is 555 g/mol. The minimum absolute atomic E-state index is 0.162. The molecule has 2 aromatic heterocycles. The summed E-state index contributed by atoms with van der Waals surface area (Å²) in [7, 11) is 1.62. The number of unbranched alkanes of at least 4 members (excludes halogenated alkanes) is 2. The summed E-state index contributed by atoms with van der Waals surface area (Å²) in [5, 5.41) is 0.979. The molecule has 0 bridgehead atoms. The van der Waals surface area contributed by atoms with Crippen molar-refractivity contribution in [2.75, 3.05) is 7.11 Å². The molecule has 0 unspecified atom stereocenters. The van der Waals surface area contributed by atoms with Crippen molar-refractivity contribution in [2.45, 2.75) is 44.5 Å². The molecule has 0 atom stereocenters. The third-order valence-electron chi connectivity index (χ3n) is 6.10. The number of fused-ring (bicyclic) bond motifs is 1. The van der Waals surface area contributed by atoms with Gasteiger partial charge in [-0.25, -0.2) is 4.39 Å². The largest absolute Gasteiger partial charge is 0.497 e. The number of benzene rings is 2. The summed E-state index contributed by atoms with van der Waals surface area (Å²) in [4.78, 5) is 28.4. The van der Waals surface area contributed by atoms with Crippen LogP contribution in [-0.4, -0.2) is 17.5 Å². The average molecular weight is 556 g/mol. The third-order valence-corrected chi connectivity index (χ3v) is 7.98. The Hall–Kier alpha value is -2.77. The van der Waals surface area contributed by atoms with Gasteiger partial charge in [0.1, 0.15) is 16.4 Å². The predicted molar refractivity (Wildman–Crippen MR) is 145 cm³/mol. The zero-order valence-corrected chi connectivity index (χ0v) is 22.2. The summed E-state index contributed by atoms with van der Waals surface area (Å²) in [6.45, 7) is 2.30. The second-order valence-electron chi connectivity index (χ2n) is 8.42. The van der Waals surface area contributed by atoms with Crippen LogP contribution >= 0.6 is 27.3 Å². The molecule has 35 heavy (non-hydrogen) atoms. The Bertz CT molecular complexity index is 1410. The number of methoxy groups -OCH3 is 1. The first-order valence-electron chi connectivity index (χ1n) is 11.6. The Morgan fingerprint density at radius 2 is 1.86 bits per heavy atom. The standard InChI is InChI=1S/C28H27BrFNO3S/c1-3-4-5-10-24(32)22-17-31(16-19-8-6-7-9-23(19)30)28-25(26(22)33)21(15-29)27(35-28)18-11-13-20(34-2)14-12-18/h6-9,11-14,17H,3-5,10,15-16H2,1-2H3. The maximum absolute atomic E-state index is 14.5. The fourth-order valence-corrected chi connectivity index (χ4v) is 6.24. The molecule has 4 nitrogen and oxygen atoms in total. The van der Waals surface area contributed by atoms with Crippen LogP contribution < -0.4 is 10.2 Å². The van der Waals surface area contributed by atoms with Gasteiger partial charge < -0.3 is 9.30 Å². The van der Waals surface area contributed by atoms with E-state index in [0.29, 0.717) is 22.7 Å². The lowest BCUT2D eigenvalue weighted by Crippen LogP contribution is -2.19. The Morgan fingerprint density at radius 3 is 2.51 bits per heavy atom. The Labute approximate surface area is 216 Å². The van der Waals surface area contributed by atoms with Gasteiger partial charge in [0.05, 0.1) is 24.6 Å². The smallest absolute Gasteiger partial charge is 0.201 e. The lowest BCUT2D eigenvalue weighted by molar-refractivity contribution is 0.0977. The van der Waals surface area contributed by atoms with Gasteiger partial charge in [-0.1, -0.05) is 53.9 Å². The molecule has 4 rings (SSSR count). The van der Waals surface area contributed by atoms with Gasteiger partial charge in [-0.15, -0.1) is 11.3 Å². The number of alkyl halides is 1. The zero-order valence-electron chi connectivity index (χ0n) is 19.8. The van der Waals surface area contributed by atoms with Crippen molar-refractivity contribution in [3.63, 3.8) is 0 Å². The van der Waals surface area contributed by atoms with Gasteiger partial charge in [0.2, 0.25) is 5.43 Å². The van der Waals surface area contributed by atoms with Crippen LogP contribution in [0.25, 0.3) is 20.7 Å². The molecule has 0 saturated carbocycles. The van der Waals surface area contributed by atoms with Crippen molar-refractivity contribution in [2.24, 2.45) is 0 Å². The van der Waals surface area contributed by atoms with Gasteiger partial charge in [-0.05, 0) is 47.9 Å². The number of carbonyl (C=O) groups is 1. The molecule has 2 aromatic carbocycles. The normalized spacial score (nSPS) is 11.2. The summed E-state index contributed by atoms with van der Waals surface area (Å²) in [6.07, 6.45) is 4.62. The number of pyridine rings is 1. The SMILES string of the molecule is CCCCCC(=O)c1cn(Cc2ccccc2F)c2sc(-c3ccc(OC)cc3)c(CBr)c2c1=O. The first-order valence-corrected chi connectivity index (χ1v) is 13.6. The van der Waals surface area contributed by atoms with Gasteiger partial charge in [0.25, 0.3) is 0 Å². The van der Waals surface area contributed by atoms with Crippen LogP contribution in [0.3, 0.4) is 0 Å². The Kier molecular flexibility index (Phi) is 8.19. The molecule has 0 radical (unpaired) electrons. The molecule has 7 heteroatoms. The number of rotatable bonds is 10. The lowest BCUT2D eigenvalue weighted by Gasteiger charge is -2.12. The molecule has 4 aromatic rings. The fourth-order valence-electron chi connectivity index (χ4n) is 4.20. The second-order valence-corrected chi connectivity index (χ2v) is 9.98. The number of ether oxygens (including phenoxy) is 1. The molecule has 0 aliphatic rings. The van der Waals surface area contributed by atoms with E-state index in [4.69, 9.17) is 4.74 Å². The maximum atomic E-state index is 14.5. The van der Waals surface area contributed by atoms with Gasteiger partial charge in [-0.2, -0.15) is 0 Å². The molecular formula is C28H27BrFNO3S. The van der Waals surface area contributed by atoms with Crippen molar-refractivity contribution in [3.8, 4) is 16.2 Å². The predicted octanol–water partition coefficient (Wildman–Crippen LogP) is 7.58. The molecule has 0 spiro atoms. The number of aromatic nitrogens is 1. The van der Waals surface area contributed by atoms with Crippen LogP contribution in [-0.2, 0) is 11.9 Å². The van der Waals surface area contributed by atoms with E-state index in [0.717, 1.165) is 45.8 Å². The van der Waals surface area contributed by atoms with E-state index in [1.54, 1.807) is 31.5 Å². The van der Waals surface area contributed by atoms with Crippen LogP contribution in [0.4, 0.5) is 4.39 Å². The molecule has 182 valence electrons. The molecule has 0 N–H and O–H groups in total. The van der Waals surface area contributed by atoms with E-state index in [-0.39, 0.29) is 29.1 Å². The number of halogens is 2. The highest BCUT2D eigenvalue weighted by Crippen LogP contribution is 2.39. The van der Waals surface area contributed by atoms with Crippen molar-refractivity contribution in [1.29, 1.82) is 0 Å². The van der Waals surface area contributed by atoms with Crippen molar-refractivity contribution in [3.05, 3.63) is 87.5 Å². The average Bonchev–Trinajstić information content (AvgIpc) is 3.27. The number of hydrogen-bond donors (Lipinski definition) is 0. The zero-order chi connectivity index (χ0) is 24.9. The number of ketones is 1. The van der Waals surface area contributed by atoms with Gasteiger partial charge in [0.15, 0.2) is 5.78 Å². The Morgan fingerprint density at radius 1 is 1.11 bits per heavy atom. The van der Waals surface area contributed by atoms with Crippen molar-refractivity contribution >= 4 is 43.3 Å². The number of carbonyl (C=O) groups excluding carboxylic acids is 1. The number of hydrogen-bond acceptors (Lipinski definition) is 4. The summed E-state index contributed by atoms with van der Waals surface area (Å²) in [5.74, 6) is 0.266. The van der Waals surface area contributed by atoms with Crippen LogP contribution in [0.1, 0.15) is 54.1 Å². The highest BCUT2D eigenvalue weighted by atomic mass is 79.9. The Balaban J connectivity index is 1.93. The summed E-state index contributed by atoms with van der Waals surface area (Å²) < 4.78 is 21.7. The minimum atomic E-state index is -0.317. The summed E-state index contributed by atoms with van der Waals surface area (Å²) >= 11 is 5.05. The first-order chi connectivity index (χ1) is 17.0. The molecule has 0 amide bonds. The van der Waals surface area contributed by atoms with Crippen molar-refractivity contribution < 1.29 is 13.9 Å². The third kappa shape index (κ3) is 5.26.